The van der Waals surface area contributed by atoms with E-state index in [0.29, 0.717) is 12.1 Å². The highest BCUT2D eigenvalue weighted by Gasteiger charge is 2.24. The summed E-state index contributed by atoms with van der Waals surface area (Å²) in [5.41, 5.74) is 3.59. The van der Waals surface area contributed by atoms with Gasteiger partial charge in [0.2, 0.25) is 0 Å². The predicted octanol–water partition coefficient (Wildman–Crippen LogP) is 5.43. The third-order valence-electron chi connectivity index (χ3n) is 5.66. The van der Waals surface area contributed by atoms with Crippen LogP contribution in [0.5, 0.6) is 0 Å². The van der Waals surface area contributed by atoms with Crippen molar-refractivity contribution < 1.29 is 0 Å². The van der Waals surface area contributed by atoms with E-state index in [1.165, 1.54) is 36.9 Å². The quantitative estimate of drug-likeness (QED) is 0.763. The highest BCUT2D eigenvalue weighted by molar-refractivity contribution is 6.31. The maximum Gasteiger partial charge on any atom is 0.0737 e. The van der Waals surface area contributed by atoms with E-state index in [2.05, 4.69) is 52.6 Å². The van der Waals surface area contributed by atoms with Crippen LogP contribution in [0.1, 0.15) is 32.1 Å². The van der Waals surface area contributed by atoms with Crippen molar-refractivity contribution in [1.29, 1.82) is 0 Å². The number of fused-ring (bicyclic) bond motifs is 1. The molecule has 1 heterocycles. The number of anilines is 1. The van der Waals surface area contributed by atoms with Gasteiger partial charge in [0, 0.05) is 40.9 Å². The molecule has 4 heteroatoms. The van der Waals surface area contributed by atoms with E-state index in [4.69, 9.17) is 11.6 Å². The van der Waals surface area contributed by atoms with Gasteiger partial charge in [-0.3, -0.25) is 9.88 Å². The first-order chi connectivity index (χ1) is 12.7. The molecule has 26 heavy (non-hydrogen) atoms. The molecule has 0 spiro atoms. The minimum atomic E-state index is 0.534. The molecule has 0 aliphatic heterocycles. The largest absolute Gasteiger partial charge is 0.382 e. The first-order valence-corrected chi connectivity index (χ1v) is 9.93. The van der Waals surface area contributed by atoms with Gasteiger partial charge < -0.3 is 5.32 Å². The summed E-state index contributed by atoms with van der Waals surface area (Å²) in [5, 5.41) is 5.64. The number of hydrogen-bond acceptors (Lipinski definition) is 3. The zero-order chi connectivity index (χ0) is 17.9. The summed E-state index contributed by atoms with van der Waals surface area (Å²) in [5.74, 6) is 0. The second kappa shape index (κ2) is 7.81. The topological polar surface area (TPSA) is 28.2 Å². The number of nitrogens with zero attached hydrogens (tertiary/aromatic N) is 2. The first kappa shape index (κ1) is 17.6. The van der Waals surface area contributed by atoms with Crippen LogP contribution in [0.15, 0.2) is 54.3 Å². The van der Waals surface area contributed by atoms with Crippen molar-refractivity contribution in [2.45, 2.75) is 44.2 Å². The minimum absolute atomic E-state index is 0.534. The lowest BCUT2D eigenvalue weighted by Crippen LogP contribution is -2.39. The second-order valence-electron chi connectivity index (χ2n) is 7.50. The van der Waals surface area contributed by atoms with Crippen molar-refractivity contribution in [2.75, 3.05) is 18.9 Å². The van der Waals surface area contributed by atoms with Gasteiger partial charge in [0.15, 0.2) is 0 Å². The fourth-order valence-electron chi connectivity index (χ4n) is 4.17. The number of halogens is 1. The number of benzene rings is 1. The van der Waals surface area contributed by atoms with Crippen molar-refractivity contribution in [3.8, 4) is 0 Å². The van der Waals surface area contributed by atoms with Gasteiger partial charge in [0.25, 0.3) is 0 Å². The monoisotopic (exact) mass is 367 g/mol. The average Bonchev–Trinajstić information content (AvgIpc) is 3.15. The first-order valence-electron chi connectivity index (χ1n) is 9.55. The lowest BCUT2D eigenvalue weighted by Gasteiger charge is -2.35. The van der Waals surface area contributed by atoms with E-state index < -0.39 is 0 Å². The van der Waals surface area contributed by atoms with Crippen molar-refractivity contribution in [3.63, 3.8) is 0 Å². The van der Waals surface area contributed by atoms with Crippen molar-refractivity contribution >= 4 is 28.2 Å². The fraction of sp³-hybridized carbons (Fsp3) is 0.409. The Kier molecular flexibility index (Phi) is 5.28. The van der Waals surface area contributed by atoms with E-state index in [9.17, 15) is 0 Å². The molecule has 0 radical (unpaired) electrons. The maximum absolute atomic E-state index is 6.10. The second-order valence-corrected chi connectivity index (χ2v) is 7.94. The fourth-order valence-corrected chi connectivity index (χ4v) is 4.34. The van der Waals surface area contributed by atoms with Crippen LogP contribution in [0.25, 0.3) is 10.9 Å². The molecule has 2 aromatic rings. The van der Waals surface area contributed by atoms with Gasteiger partial charge in [-0.15, -0.1) is 0 Å². The summed E-state index contributed by atoms with van der Waals surface area (Å²) >= 11 is 6.10. The molecule has 1 N–H and O–H groups in total. The molecule has 3 nitrogen and oxygen atoms in total. The zero-order valence-electron chi connectivity index (χ0n) is 15.3. The lowest BCUT2D eigenvalue weighted by molar-refractivity contribution is 0.200. The van der Waals surface area contributed by atoms with E-state index >= 15 is 0 Å². The molecule has 136 valence electrons. The van der Waals surface area contributed by atoms with Crippen molar-refractivity contribution in [1.82, 2.24) is 9.88 Å². The van der Waals surface area contributed by atoms with Gasteiger partial charge in [0.1, 0.15) is 0 Å². The molecule has 0 amide bonds. The van der Waals surface area contributed by atoms with E-state index in [1.54, 1.807) is 0 Å². The Bertz CT molecular complexity index is 834. The molecule has 2 aliphatic rings. The highest BCUT2D eigenvalue weighted by atomic mass is 35.5. The van der Waals surface area contributed by atoms with Gasteiger partial charge in [-0.2, -0.15) is 0 Å². The third kappa shape index (κ3) is 3.94. The number of nitrogens with one attached hydrogen (secondary N) is 1. The van der Waals surface area contributed by atoms with E-state index in [1.807, 2.05) is 18.3 Å². The summed E-state index contributed by atoms with van der Waals surface area (Å²) in [4.78, 5) is 6.97. The summed E-state index contributed by atoms with van der Waals surface area (Å²) in [6.07, 6.45) is 14.7. The molecule has 0 atom stereocenters. The molecule has 1 saturated carbocycles. The van der Waals surface area contributed by atoms with Gasteiger partial charge >= 0.3 is 0 Å². The van der Waals surface area contributed by atoms with Gasteiger partial charge in [-0.1, -0.05) is 29.8 Å². The van der Waals surface area contributed by atoms with Crippen LogP contribution in [-0.2, 0) is 0 Å². The molecule has 1 fully saturated rings. The minimum Gasteiger partial charge on any atom is -0.382 e. The standard InChI is InChI=1S/C22H26ClN3/c1-26(15-16-4-2-3-5-16)19-9-7-18(8-10-19)25-21-12-13-24-22-14-17(23)6-11-20(21)22/h2,4-6,11-14,18-19H,3,7-10,15H2,1H3,(H,24,25). The van der Waals surface area contributed by atoms with Crippen LogP contribution in [0.2, 0.25) is 5.02 Å². The summed E-state index contributed by atoms with van der Waals surface area (Å²) in [6, 6.07) is 9.24. The molecular formula is C22H26ClN3. The Morgan fingerprint density at radius 3 is 2.81 bits per heavy atom. The Labute approximate surface area is 160 Å². The van der Waals surface area contributed by atoms with Crippen LogP contribution in [-0.4, -0.2) is 35.6 Å². The number of hydrogen-bond donors (Lipinski definition) is 1. The van der Waals surface area contributed by atoms with Crippen LogP contribution in [0.3, 0.4) is 0 Å². The van der Waals surface area contributed by atoms with Crippen molar-refractivity contribution in [2.24, 2.45) is 0 Å². The number of pyridine rings is 1. The lowest BCUT2D eigenvalue weighted by atomic mass is 9.90. The highest BCUT2D eigenvalue weighted by Crippen LogP contribution is 2.29. The molecule has 1 aromatic heterocycles. The molecule has 2 aliphatic carbocycles. The number of likely N-dealkylation sites (N-methyl/N-ethyl adjacent to an activating group) is 1. The Morgan fingerprint density at radius 2 is 2.04 bits per heavy atom. The molecular weight excluding hydrogens is 342 g/mol. The molecule has 1 aromatic carbocycles. The Hall–Kier alpha value is -1.84. The SMILES string of the molecule is CN(CC1=CCC=C1)C1CCC(Nc2ccnc3cc(Cl)ccc23)CC1. The smallest absolute Gasteiger partial charge is 0.0737 e. The summed E-state index contributed by atoms with van der Waals surface area (Å²) in [6.45, 7) is 1.08. The van der Waals surface area contributed by atoms with Gasteiger partial charge in [-0.25, -0.2) is 0 Å². The average molecular weight is 368 g/mol. The molecule has 4 rings (SSSR count). The molecule has 0 saturated heterocycles. The Morgan fingerprint density at radius 1 is 1.19 bits per heavy atom. The Balaban J connectivity index is 1.36. The molecule has 0 unspecified atom stereocenters. The normalized spacial score (nSPS) is 22.8. The summed E-state index contributed by atoms with van der Waals surface area (Å²) in [7, 11) is 2.27. The van der Waals surface area contributed by atoms with Crippen molar-refractivity contribution in [3.05, 3.63) is 59.3 Å². The number of aromatic nitrogens is 1. The predicted molar refractivity (Wildman–Crippen MR) is 111 cm³/mol. The van der Waals surface area contributed by atoms with Crippen LogP contribution < -0.4 is 5.32 Å². The third-order valence-corrected chi connectivity index (χ3v) is 5.90. The van der Waals surface area contributed by atoms with Crippen LogP contribution in [0.4, 0.5) is 5.69 Å². The zero-order valence-corrected chi connectivity index (χ0v) is 16.0. The molecule has 0 bridgehead atoms. The van der Waals surface area contributed by atoms with Crippen LogP contribution in [0, 0.1) is 0 Å². The maximum atomic E-state index is 6.10. The summed E-state index contributed by atoms with van der Waals surface area (Å²) < 4.78 is 0. The number of rotatable bonds is 5. The number of allylic oxidation sites excluding steroid dienone is 2. The van der Waals surface area contributed by atoms with E-state index in [-0.39, 0.29) is 0 Å². The van der Waals surface area contributed by atoms with Gasteiger partial charge in [0.05, 0.1) is 5.52 Å². The van der Waals surface area contributed by atoms with E-state index in [0.717, 1.165) is 28.9 Å². The van der Waals surface area contributed by atoms with Gasteiger partial charge in [-0.05, 0) is 69.0 Å². The van der Waals surface area contributed by atoms with Crippen LogP contribution >= 0.6 is 11.6 Å².